The summed E-state index contributed by atoms with van der Waals surface area (Å²) < 4.78 is 5.33. The molecule has 0 amide bonds. The van der Waals surface area contributed by atoms with E-state index in [-0.39, 0.29) is 0 Å². The predicted molar refractivity (Wildman–Crippen MR) is 68.5 cm³/mol. The van der Waals surface area contributed by atoms with E-state index in [1.807, 2.05) is 11.0 Å². The van der Waals surface area contributed by atoms with Crippen LogP contribution in [0.15, 0.2) is 6.07 Å². The molecule has 19 heavy (non-hydrogen) atoms. The number of rotatable bonds is 1. The number of aryl methyl sites for hydroxylation is 2. The van der Waals surface area contributed by atoms with Crippen molar-refractivity contribution >= 4 is 5.82 Å². The number of aromatic nitrogens is 1. The van der Waals surface area contributed by atoms with Crippen LogP contribution >= 0.6 is 0 Å². The molecule has 0 saturated carbocycles. The van der Waals surface area contributed by atoms with E-state index in [0.717, 1.165) is 25.0 Å². The Morgan fingerprint density at radius 2 is 2.26 bits per heavy atom. The van der Waals surface area contributed by atoms with Crippen molar-refractivity contribution in [3.8, 4) is 12.1 Å². The summed E-state index contributed by atoms with van der Waals surface area (Å²) in [6.45, 7) is 1.66. The molecule has 1 atom stereocenters. The van der Waals surface area contributed by atoms with Crippen LogP contribution in [0.2, 0.25) is 0 Å². The molecule has 2 aliphatic rings. The van der Waals surface area contributed by atoms with E-state index >= 15 is 0 Å². The van der Waals surface area contributed by atoms with Crippen molar-refractivity contribution in [2.45, 2.75) is 25.4 Å². The highest BCUT2D eigenvalue weighted by molar-refractivity contribution is 5.57. The topological polar surface area (TPSA) is 72.9 Å². The Morgan fingerprint density at radius 1 is 1.37 bits per heavy atom. The van der Waals surface area contributed by atoms with Gasteiger partial charge in [-0.3, -0.25) is 0 Å². The van der Waals surface area contributed by atoms with Crippen LogP contribution in [0, 0.1) is 22.7 Å². The highest BCUT2D eigenvalue weighted by Gasteiger charge is 2.25. The van der Waals surface area contributed by atoms with Crippen LogP contribution in [-0.2, 0) is 17.6 Å². The molecular weight excluding hydrogens is 240 g/mol. The first kappa shape index (κ1) is 12.0. The van der Waals surface area contributed by atoms with Gasteiger partial charge in [0.25, 0.3) is 0 Å². The second-order valence-electron chi connectivity index (χ2n) is 4.87. The monoisotopic (exact) mass is 254 g/mol. The summed E-state index contributed by atoms with van der Waals surface area (Å²) in [7, 11) is 0. The number of nitrogens with zero attached hydrogens (tertiary/aromatic N) is 4. The van der Waals surface area contributed by atoms with E-state index < -0.39 is 6.10 Å². The lowest BCUT2D eigenvalue weighted by Gasteiger charge is -2.31. The first-order chi connectivity index (χ1) is 9.31. The second kappa shape index (κ2) is 4.87. The molecule has 1 aromatic heterocycles. The van der Waals surface area contributed by atoms with Crippen LogP contribution in [0.3, 0.4) is 0 Å². The number of hydrogen-bond donors (Lipinski definition) is 0. The molecule has 1 unspecified atom stereocenters. The molecule has 96 valence electrons. The molecule has 1 aromatic rings. The Labute approximate surface area is 112 Å². The molecule has 3 rings (SSSR count). The first-order valence-electron chi connectivity index (χ1n) is 6.51. The predicted octanol–water partition coefficient (Wildman–Crippen LogP) is 1.17. The van der Waals surface area contributed by atoms with Gasteiger partial charge in [-0.15, -0.1) is 0 Å². The third-order valence-electron chi connectivity index (χ3n) is 3.66. The maximum atomic E-state index is 9.29. The molecule has 1 aliphatic carbocycles. The van der Waals surface area contributed by atoms with Gasteiger partial charge < -0.3 is 9.64 Å². The zero-order chi connectivity index (χ0) is 13.2. The highest BCUT2D eigenvalue weighted by Crippen LogP contribution is 2.27. The molecule has 0 aromatic carbocycles. The molecule has 0 spiro atoms. The van der Waals surface area contributed by atoms with Crippen LogP contribution < -0.4 is 4.90 Å². The fourth-order valence-electron chi connectivity index (χ4n) is 2.70. The Morgan fingerprint density at radius 3 is 3.05 bits per heavy atom. The van der Waals surface area contributed by atoms with Gasteiger partial charge in [0.05, 0.1) is 24.8 Å². The van der Waals surface area contributed by atoms with Gasteiger partial charge in [0.1, 0.15) is 11.9 Å². The third kappa shape index (κ3) is 2.14. The molecule has 0 N–H and O–H groups in total. The summed E-state index contributed by atoms with van der Waals surface area (Å²) >= 11 is 0. The third-order valence-corrected chi connectivity index (χ3v) is 3.66. The fourth-order valence-corrected chi connectivity index (χ4v) is 2.70. The quantitative estimate of drug-likeness (QED) is 0.752. The van der Waals surface area contributed by atoms with Gasteiger partial charge in [0.2, 0.25) is 0 Å². The van der Waals surface area contributed by atoms with Gasteiger partial charge in [0.15, 0.2) is 6.10 Å². The van der Waals surface area contributed by atoms with E-state index in [0.29, 0.717) is 31.1 Å². The number of pyridine rings is 1. The molecule has 0 radical (unpaired) electrons. The summed E-state index contributed by atoms with van der Waals surface area (Å²) in [6.07, 6.45) is 2.68. The maximum Gasteiger partial charge on any atom is 0.161 e. The van der Waals surface area contributed by atoms with Crippen molar-refractivity contribution in [3.63, 3.8) is 0 Å². The molecule has 0 bridgehead atoms. The molecule has 2 heterocycles. The van der Waals surface area contributed by atoms with Gasteiger partial charge in [-0.1, -0.05) is 0 Å². The van der Waals surface area contributed by atoms with Crippen molar-refractivity contribution in [1.29, 1.82) is 10.5 Å². The molecule has 5 nitrogen and oxygen atoms in total. The average molecular weight is 254 g/mol. The Kier molecular flexibility index (Phi) is 3.06. The summed E-state index contributed by atoms with van der Waals surface area (Å²) in [6, 6.07) is 6.31. The van der Waals surface area contributed by atoms with Crippen molar-refractivity contribution in [2.24, 2.45) is 0 Å². The first-order valence-corrected chi connectivity index (χ1v) is 6.51. The number of morpholine rings is 1. The van der Waals surface area contributed by atoms with E-state index in [9.17, 15) is 5.26 Å². The van der Waals surface area contributed by atoms with Gasteiger partial charge in [0, 0.05) is 12.2 Å². The van der Waals surface area contributed by atoms with Crippen molar-refractivity contribution in [2.75, 3.05) is 24.6 Å². The molecule has 1 aliphatic heterocycles. The summed E-state index contributed by atoms with van der Waals surface area (Å²) in [5, 5.41) is 18.2. The fraction of sp³-hybridized carbons (Fsp3) is 0.500. The minimum absolute atomic E-state index is 0.435. The number of hydrogen-bond acceptors (Lipinski definition) is 5. The molecular formula is C14H14N4O. The standard InChI is InChI=1S/C14H14N4O/c15-7-11-6-10-2-1-3-13(10)17-14(11)18-4-5-19-12(8-16)9-18/h6,12H,1-5,9H2. The maximum absolute atomic E-state index is 9.29. The van der Waals surface area contributed by atoms with Crippen molar-refractivity contribution in [3.05, 3.63) is 22.9 Å². The number of fused-ring (bicyclic) bond motifs is 1. The van der Waals surface area contributed by atoms with E-state index in [1.165, 1.54) is 5.56 Å². The lowest BCUT2D eigenvalue weighted by molar-refractivity contribution is 0.0761. The van der Waals surface area contributed by atoms with Gasteiger partial charge >= 0.3 is 0 Å². The minimum Gasteiger partial charge on any atom is -0.360 e. The molecule has 5 heteroatoms. The van der Waals surface area contributed by atoms with Crippen molar-refractivity contribution in [1.82, 2.24) is 4.98 Å². The van der Waals surface area contributed by atoms with Crippen LogP contribution in [0.5, 0.6) is 0 Å². The minimum atomic E-state index is -0.435. The number of nitriles is 2. The summed E-state index contributed by atoms with van der Waals surface area (Å²) in [4.78, 5) is 6.65. The number of anilines is 1. The lowest BCUT2D eigenvalue weighted by Crippen LogP contribution is -2.42. The Bertz CT molecular complexity index is 584. The zero-order valence-corrected chi connectivity index (χ0v) is 10.6. The Balaban J connectivity index is 1.96. The normalized spacial score (nSPS) is 21.6. The van der Waals surface area contributed by atoms with E-state index in [1.54, 1.807) is 0 Å². The summed E-state index contributed by atoms with van der Waals surface area (Å²) in [5.41, 5.74) is 2.92. The van der Waals surface area contributed by atoms with Gasteiger partial charge in [-0.05, 0) is 30.9 Å². The molecule has 1 fully saturated rings. The van der Waals surface area contributed by atoms with Crippen LogP contribution in [-0.4, -0.2) is 30.8 Å². The number of ether oxygens (including phenoxy) is 1. The van der Waals surface area contributed by atoms with E-state index in [4.69, 9.17) is 10.00 Å². The lowest BCUT2D eigenvalue weighted by atomic mass is 10.1. The van der Waals surface area contributed by atoms with Crippen LogP contribution in [0.4, 0.5) is 5.82 Å². The van der Waals surface area contributed by atoms with Gasteiger partial charge in [-0.2, -0.15) is 10.5 Å². The Hall–Kier alpha value is -2.11. The largest absolute Gasteiger partial charge is 0.360 e. The molecule has 1 saturated heterocycles. The highest BCUT2D eigenvalue weighted by atomic mass is 16.5. The van der Waals surface area contributed by atoms with E-state index in [2.05, 4.69) is 17.1 Å². The zero-order valence-electron chi connectivity index (χ0n) is 10.6. The van der Waals surface area contributed by atoms with Crippen molar-refractivity contribution < 1.29 is 4.74 Å². The average Bonchev–Trinajstić information content (AvgIpc) is 2.93. The van der Waals surface area contributed by atoms with Crippen LogP contribution in [0.25, 0.3) is 0 Å². The second-order valence-corrected chi connectivity index (χ2v) is 4.87. The SMILES string of the molecule is N#Cc1cc2c(nc1N1CCOC(C#N)C1)CCC2. The smallest absolute Gasteiger partial charge is 0.161 e. The van der Waals surface area contributed by atoms with Crippen LogP contribution in [0.1, 0.15) is 23.2 Å². The summed E-state index contributed by atoms with van der Waals surface area (Å²) in [5.74, 6) is 0.715. The van der Waals surface area contributed by atoms with Gasteiger partial charge in [-0.25, -0.2) is 4.98 Å².